The van der Waals surface area contributed by atoms with Crippen LogP contribution in [-0.2, 0) is 65.4 Å². The Morgan fingerprint density at radius 2 is 0.560 bits per heavy atom. The van der Waals surface area contributed by atoms with E-state index in [0.29, 0.717) is 25.7 Å². The molecule has 0 bridgehead atoms. The lowest BCUT2D eigenvalue weighted by Crippen LogP contribution is -2.30. The second-order valence-electron chi connectivity index (χ2n) is 26.7. The quantitative estimate of drug-likeness (QED) is 0.0222. The van der Waals surface area contributed by atoms with Crippen LogP contribution in [0.2, 0.25) is 0 Å². The van der Waals surface area contributed by atoms with Gasteiger partial charge in [0.25, 0.3) is 0 Å². The van der Waals surface area contributed by atoms with E-state index in [1.807, 2.05) is 0 Å². The summed E-state index contributed by atoms with van der Waals surface area (Å²) in [6.07, 6.45) is 49.8. The Balaban J connectivity index is 5.25. The number of phosphoric ester groups is 2. The van der Waals surface area contributed by atoms with Gasteiger partial charge in [0, 0.05) is 25.7 Å². The molecule has 91 heavy (non-hydrogen) atoms. The summed E-state index contributed by atoms with van der Waals surface area (Å²) < 4.78 is 68.4. The van der Waals surface area contributed by atoms with Crippen LogP contribution < -0.4 is 0 Å². The zero-order valence-electron chi connectivity index (χ0n) is 59.1. The maximum Gasteiger partial charge on any atom is 0.472 e. The van der Waals surface area contributed by atoms with Gasteiger partial charge >= 0.3 is 39.5 Å². The number of esters is 4. The van der Waals surface area contributed by atoms with Crippen molar-refractivity contribution in [1.82, 2.24) is 0 Å². The highest BCUT2D eigenvalue weighted by Gasteiger charge is 2.30. The molecule has 540 valence electrons. The van der Waals surface area contributed by atoms with Crippen molar-refractivity contribution in [2.24, 2.45) is 11.8 Å². The van der Waals surface area contributed by atoms with Gasteiger partial charge in [0.1, 0.15) is 19.3 Å². The lowest BCUT2D eigenvalue weighted by Gasteiger charge is -2.21. The molecule has 0 radical (unpaired) electrons. The van der Waals surface area contributed by atoms with E-state index < -0.39 is 97.5 Å². The van der Waals surface area contributed by atoms with Crippen LogP contribution in [0.5, 0.6) is 0 Å². The van der Waals surface area contributed by atoms with Crippen LogP contribution in [-0.4, -0.2) is 96.7 Å². The number of carbonyl (C=O) groups is 4. The van der Waals surface area contributed by atoms with Crippen molar-refractivity contribution in [2.45, 2.75) is 387 Å². The smallest absolute Gasteiger partial charge is 0.462 e. The number of unbranched alkanes of at least 4 members (excludes halogenated alkanes) is 40. The summed E-state index contributed by atoms with van der Waals surface area (Å²) in [6.45, 7) is 9.55. The zero-order chi connectivity index (χ0) is 67.2. The van der Waals surface area contributed by atoms with Crippen LogP contribution in [0.4, 0.5) is 0 Å². The molecule has 6 atom stereocenters. The van der Waals surface area contributed by atoms with Crippen LogP contribution in [0.15, 0.2) is 0 Å². The SMILES string of the molecule is CCCCCCCCCCCCCCCC(=O)OC[C@H](COP(=O)(O)OC[C@@H](O)COP(=O)(O)OC[C@@H](COC(=O)CCCCCCCCC(C)CC)OC(=O)CCCCCCCCCCCCCC)OC(=O)CCCCCCCCCCCCCCCC(C)C. The fourth-order valence-electron chi connectivity index (χ4n) is 10.9. The highest BCUT2D eigenvalue weighted by molar-refractivity contribution is 7.47. The fourth-order valence-corrected chi connectivity index (χ4v) is 12.5. The van der Waals surface area contributed by atoms with Gasteiger partial charge in [0.15, 0.2) is 12.2 Å². The van der Waals surface area contributed by atoms with E-state index >= 15 is 0 Å². The summed E-state index contributed by atoms with van der Waals surface area (Å²) in [7, 11) is -9.90. The van der Waals surface area contributed by atoms with Gasteiger partial charge in [-0.3, -0.25) is 37.3 Å². The number of aliphatic hydroxyl groups is 1. The first-order valence-corrected chi connectivity index (χ1v) is 40.5. The minimum absolute atomic E-state index is 0.106. The maximum atomic E-state index is 13.0. The molecular formula is C72H140O17P2. The Kier molecular flexibility index (Phi) is 62.7. The number of carbonyl (C=O) groups excluding carboxylic acids is 4. The van der Waals surface area contributed by atoms with Crippen molar-refractivity contribution in [3.63, 3.8) is 0 Å². The molecule has 0 aromatic carbocycles. The normalized spacial score (nSPS) is 14.4. The first-order valence-electron chi connectivity index (χ1n) is 37.5. The third-order valence-electron chi connectivity index (χ3n) is 17.1. The van der Waals surface area contributed by atoms with Crippen LogP contribution in [0.3, 0.4) is 0 Å². The Morgan fingerprint density at radius 3 is 0.835 bits per heavy atom. The molecule has 0 fully saturated rings. The Bertz CT molecular complexity index is 1770. The Labute approximate surface area is 556 Å². The summed E-state index contributed by atoms with van der Waals surface area (Å²) in [5, 5.41) is 10.6. The third kappa shape index (κ3) is 65.1. The first kappa shape index (κ1) is 89.1. The molecule has 3 N–H and O–H groups in total. The van der Waals surface area contributed by atoms with Crippen molar-refractivity contribution in [2.75, 3.05) is 39.6 Å². The van der Waals surface area contributed by atoms with Gasteiger partial charge in [-0.05, 0) is 37.5 Å². The van der Waals surface area contributed by atoms with Crippen LogP contribution in [0.25, 0.3) is 0 Å². The van der Waals surface area contributed by atoms with E-state index in [2.05, 4.69) is 41.5 Å². The third-order valence-corrected chi connectivity index (χ3v) is 19.0. The average molecular weight is 1340 g/mol. The van der Waals surface area contributed by atoms with E-state index in [0.717, 1.165) is 108 Å². The van der Waals surface area contributed by atoms with Crippen molar-refractivity contribution < 1.29 is 80.2 Å². The summed E-state index contributed by atoms with van der Waals surface area (Å²) in [6, 6.07) is 0. The van der Waals surface area contributed by atoms with Crippen LogP contribution in [0, 0.1) is 11.8 Å². The van der Waals surface area contributed by atoms with E-state index in [9.17, 15) is 43.2 Å². The van der Waals surface area contributed by atoms with Crippen LogP contribution >= 0.6 is 15.6 Å². The van der Waals surface area contributed by atoms with Gasteiger partial charge in [-0.2, -0.15) is 0 Å². The number of ether oxygens (including phenoxy) is 4. The summed E-state index contributed by atoms with van der Waals surface area (Å²) in [4.78, 5) is 72.6. The summed E-state index contributed by atoms with van der Waals surface area (Å²) in [5.41, 5.74) is 0. The number of rotatable bonds is 71. The highest BCUT2D eigenvalue weighted by Crippen LogP contribution is 2.45. The van der Waals surface area contributed by atoms with Gasteiger partial charge < -0.3 is 33.8 Å². The van der Waals surface area contributed by atoms with Crippen molar-refractivity contribution >= 4 is 39.5 Å². The van der Waals surface area contributed by atoms with Gasteiger partial charge in [0.05, 0.1) is 26.4 Å². The summed E-state index contributed by atoms with van der Waals surface area (Å²) in [5.74, 6) is -0.602. The monoisotopic (exact) mass is 1340 g/mol. The molecule has 0 aliphatic heterocycles. The molecule has 19 heteroatoms. The zero-order valence-corrected chi connectivity index (χ0v) is 60.9. The lowest BCUT2D eigenvalue weighted by molar-refractivity contribution is -0.161. The summed E-state index contributed by atoms with van der Waals surface area (Å²) >= 11 is 0. The molecule has 0 heterocycles. The topological polar surface area (TPSA) is 237 Å². The van der Waals surface area contributed by atoms with E-state index in [4.69, 9.17) is 37.0 Å². The molecule has 0 aliphatic rings. The predicted octanol–water partition coefficient (Wildman–Crippen LogP) is 20.8. The first-order chi connectivity index (χ1) is 43.9. The Hall–Kier alpha value is -1.94. The van der Waals surface area contributed by atoms with E-state index in [1.54, 1.807) is 0 Å². The van der Waals surface area contributed by atoms with Crippen molar-refractivity contribution in [3.8, 4) is 0 Å². The van der Waals surface area contributed by atoms with Gasteiger partial charge in [-0.15, -0.1) is 0 Å². The lowest BCUT2D eigenvalue weighted by atomic mass is 10.00. The number of hydrogen-bond donors (Lipinski definition) is 3. The Morgan fingerprint density at radius 1 is 0.319 bits per heavy atom. The molecule has 0 rings (SSSR count). The molecule has 0 saturated carbocycles. The van der Waals surface area contributed by atoms with Crippen molar-refractivity contribution in [3.05, 3.63) is 0 Å². The molecule has 0 amide bonds. The molecule has 0 saturated heterocycles. The average Bonchev–Trinajstić information content (AvgIpc) is 3.57. The van der Waals surface area contributed by atoms with Gasteiger partial charge in [-0.1, -0.05) is 318 Å². The minimum Gasteiger partial charge on any atom is -0.462 e. The molecule has 17 nitrogen and oxygen atoms in total. The van der Waals surface area contributed by atoms with E-state index in [-0.39, 0.29) is 25.7 Å². The predicted molar refractivity (Wildman–Crippen MR) is 368 cm³/mol. The van der Waals surface area contributed by atoms with Crippen LogP contribution in [0.1, 0.15) is 369 Å². The molecular weight excluding hydrogens is 1200 g/mol. The molecule has 0 aromatic rings. The molecule has 0 spiro atoms. The second kappa shape index (κ2) is 64.1. The minimum atomic E-state index is -4.95. The number of aliphatic hydroxyl groups excluding tert-OH is 1. The van der Waals surface area contributed by atoms with Gasteiger partial charge in [0.2, 0.25) is 0 Å². The second-order valence-corrected chi connectivity index (χ2v) is 29.6. The maximum absolute atomic E-state index is 13.0. The fraction of sp³-hybridized carbons (Fsp3) is 0.944. The van der Waals surface area contributed by atoms with Crippen molar-refractivity contribution in [1.29, 1.82) is 0 Å². The molecule has 3 unspecified atom stereocenters. The largest absolute Gasteiger partial charge is 0.472 e. The highest BCUT2D eigenvalue weighted by atomic mass is 31.2. The van der Waals surface area contributed by atoms with E-state index in [1.165, 1.54) is 180 Å². The standard InChI is InChI=1S/C72H140O17P2/c1-7-10-12-14-16-18-20-23-28-31-35-42-48-54-69(74)82-60-67(88-72(77)57-51-45-37-33-29-25-22-24-26-30-34-40-46-52-64(4)5)62-86-90(78,79)84-58-66(73)59-85-91(80,81)87-63-68(61-83-70(75)55-49-43-39-38-41-47-53-65(6)9-3)89-71(76)56-50-44-36-32-27-21-19-17-15-13-11-8-2/h64-68,73H,7-63H2,1-6H3,(H,78,79)(H,80,81)/t65?,66-,67-,68-/m1/s1. The molecule has 0 aliphatic carbocycles. The molecule has 0 aromatic heterocycles. The van der Waals surface area contributed by atoms with Gasteiger partial charge in [-0.25, -0.2) is 9.13 Å². The number of phosphoric acid groups is 2. The number of hydrogen-bond acceptors (Lipinski definition) is 15.